The molecule has 138 valence electrons. The number of ether oxygens (including phenoxy) is 1. The minimum absolute atomic E-state index is 0.0408. The van der Waals surface area contributed by atoms with Crippen LogP contribution in [0.1, 0.15) is 34.7 Å². The van der Waals surface area contributed by atoms with Gasteiger partial charge in [0.2, 0.25) is 0 Å². The predicted molar refractivity (Wildman–Crippen MR) is 99.1 cm³/mol. The third-order valence-electron chi connectivity index (χ3n) is 5.52. The van der Waals surface area contributed by atoms with Gasteiger partial charge in [-0.15, -0.1) is 0 Å². The Hall–Kier alpha value is -2.34. The van der Waals surface area contributed by atoms with E-state index in [1.807, 2.05) is 24.0 Å². The van der Waals surface area contributed by atoms with Crippen molar-refractivity contribution < 1.29 is 9.53 Å². The Morgan fingerprint density at radius 2 is 2.04 bits per heavy atom. The Morgan fingerprint density at radius 1 is 1.23 bits per heavy atom. The highest BCUT2D eigenvalue weighted by molar-refractivity contribution is 5.91. The van der Waals surface area contributed by atoms with E-state index in [0.717, 1.165) is 44.0 Å². The third-order valence-corrected chi connectivity index (χ3v) is 5.52. The van der Waals surface area contributed by atoms with Crippen molar-refractivity contribution in [2.45, 2.75) is 32.4 Å². The minimum atomic E-state index is 0.0408. The molecular weight excluding hydrogens is 328 g/mol. The number of piperidine rings is 1. The number of aryl methyl sites for hydroxylation is 1. The maximum Gasteiger partial charge on any atom is 0.289 e. The highest BCUT2D eigenvalue weighted by Gasteiger charge is 2.38. The highest BCUT2D eigenvalue weighted by Crippen LogP contribution is 2.29. The van der Waals surface area contributed by atoms with Crippen LogP contribution in [0.3, 0.4) is 0 Å². The van der Waals surface area contributed by atoms with Crippen molar-refractivity contribution in [2.75, 3.05) is 26.7 Å². The maximum atomic E-state index is 12.9. The zero-order valence-electron chi connectivity index (χ0n) is 15.4. The molecule has 3 saturated heterocycles. The van der Waals surface area contributed by atoms with Crippen molar-refractivity contribution in [1.29, 1.82) is 0 Å². The van der Waals surface area contributed by atoms with Gasteiger partial charge in [-0.05, 0) is 43.4 Å². The molecule has 5 rings (SSSR count). The van der Waals surface area contributed by atoms with Crippen molar-refractivity contribution in [3.63, 3.8) is 0 Å². The third kappa shape index (κ3) is 3.46. The standard InChI is InChI=1S/C20H26N4O2/c1-14-9-21-19(22-14)20(25)24-12-16-3-6-17(24)13-23(11-16)10-15-4-7-18(26-2)8-5-15/h4-5,7-9,16-17H,3,6,10-13H2,1-2H3,(H,21,22)/t16-,17+/m1/s1. The Labute approximate surface area is 154 Å². The monoisotopic (exact) mass is 354 g/mol. The second-order valence-corrected chi connectivity index (χ2v) is 7.51. The lowest BCUT2D eigenvalue weighted by molar-refractivity contribution is 0.0573. The smallest absolute Gasteiger partial charge is 0.289 e. The molecule has 1 amide bonds. The molecular formula is C20H26N4O2. The van der Waals surface area contributed by atoms with Crippen LogP contribution in [-0.4, -0.2) is 58.5 Å². The van der Waals surface area contributed by atoms with Gasteiger partial charge in [0.1, 0.15) is 5.75 Å². The fraction of sp³-hybridized carbons (Fsp3) is 0.500. The molecule has 2 atom stereocenters. The number of aromatic nitrogens is 2. The number of H-pyrrole nitrogens is 1. The second kappa shape index (κ2) is 7.11. The van der Waals surface area contributed by atoms with E-state index in [1.165, 1.54) is 12.0 Å². The first kappa shape index (κ1) is 17.1. The summed E-state index contributed by atoms with van der Waals surface area (Å²) in [4.78, 5) is 24.7. The summed E-state index contributed by atoms with van der Waals surface area (Å²) >= 11 is 0. The number of amides is 1. The van der Waals surface area contributed by atoms with Crippen LogP contribution in [0.4, 0.5) is 0 Å². The first-order valence-electron chi connectivity index (χ1n) is 9.30. The van der Waals surface area contributed by atoms with Gasteiger partial charge in [-0.1, -0.05) is 12.1 Å². The zero-order valence-corrected chi connectivity index (χ0v) is 15.4. The molecule has 26 heavy (non-hydrogen) atoms. The van der Waals surface area contributed by atoms with Crippen molar-refractivity contribution in [3.8, 4) is 5.75 Å². The van der Waals surface area contributed by atoms with Crippen LogP contribution in [-0.2, 0) is 6.54 Å². The van der Waals surface area contributed by atoms with Gasteiger partial charge in [-0.3, -0.25) is 9.69 Å². The normalized spacial score (nSPS) is 23.1. The molecule has 3 fully saturated rings. The summed E-state index contributed by atoms with van der Waals surface area (Å²) in [5.74, 6) is 1.93. The van der Waals surface area contributed by atoms with Crippen LogP contribution in [0, 0.1) is 12.8 Å². The lowest BCUT2D eigenvalue weighted by Gasteiger charge is -2.35. The Bertz CT molecular complexity index is 770. The topological polar surface area (TPSA) is 61.5 Å². The average molecular weight is 354 g/mol. The van der Waals surface area contributed by atoms with E-state index < -0.39 is 0 Å². The van der Waals surface area contributed by atoms with Crippen LogP contribution in [0.15, 0.2) is 30.5 Å². The number of benzene rings is 1. The number of rotatable bonds is 4. The lowest BCUT2D eigenvalue weighted by Crippen LogP contribution is -2.47. The number of hydrogen-bond acceptors (Lipinski definition) is 4. The molecule has 3 aliphatic heterocycles. The molecule has 1 aromatic heterocycles. The number of aromatic amines is 1. The average Bonchev–Trinajstić information content (AvgIpc) is 2.90. The Kier molecular flexibility index (Phi) is 4.68. The number of methoxy groups -OCH3 is 1. The van der Waals surface area contributed by atoms with E-state index in [-0.39, 0.29) is 11.9 Å². The number of carbonyl (C=O) groups excluding carboxylic acids is 1. The van der Waals surface area contributed by atoms with Gasteiger partial charge in [-0.2, -0.15) is 0 Å². The van der Waals surface area contributed by atoms with E-state index in [4.69, 9.17) is 4.74 Å². The number of imidazole rings is 1. The van der Waals surface area contributed by atoms with Gasteiger partial charge in [0.05, 0.1) is 7.11 Å². The first-order chi connectivity index (χ1) is 12.6. The fourth-order valence-electron chi connectivity index (χ4n) is 4.20. The summed E-state index contributed by atoms with van der Waals surface area (Å²) in [6.07, 6.45) is 4.00. The first-order valence-corrected chi connectivity index (χ1v) is 9.30. The van der Waals surface area contributed by atoms with Crippen molar-refractivity contribution in [3.05, 3.63) is 47.5 Å². The largest absolute Gasteiger partial charge is 0.497 e. The predicted octanol–water partition coefficient (Wildman–Crippen LogP) is 2.46. The summed E-state index contributed by atoms with van der Waals surface area (Å²) in [6, 6.07) is 8.54. The van der Waals surface area contributed by atoms with Crippen molar-refractivity contribution >= 4 is 5.91 Å². The van der Waals surface area contributed by atoms with Gasteiger partial charge in [0.25, 0.3) is 5.91 Å². The molecule has 6 heteroatoms. The maximum absolute atomic E-state index is 12.9. The molecule has 1 aromatic carbocycles. The SMILES string of the molecule is COc1ccc(CN2C[C@H]3CC[C@@H](C2)N(C(=O)c2ncc(C)[nH]2)C3)cc1. The number of carbonyl (C=O) groups is 1. The number of hydrogen-bond donors (Lipinski definition) is 1. The van der Waals surface area contributed by atoms with Gasteiger partial charge in [0, 0.05) is 44.1 Å². The van der Waals surface area contributed by atoms with Crippen molar-refractivity contribution in [2.24, 2.45) is 5.92 Å². The van der Waals surface area contributed by atoms with Crippen LogP contribution in [0.5, 0.6) is 5.75 Å². The van der Waals surface area contributed by atoms with E-state index in [2.05, 4.69) is 27.0 Å². The summed E-state index contributed by atoms with van der Waals surface area (Å²) in [5.41, 5.74) is 2.21. The Balaban J connectivity index is 1.46. The summed E-state index contributed by atoms with van der Waals surface area (Å²) in [5, 5.41) is 0. The van der Waals surface area contributed by atoms with Gasteiger partial charge in [-0.25, -0.2) is 4.98 Å². The highest BCUT2D eigenvalue weighted by atomic mass is 16.5. The van der Waals surface area contributed by atoms with E-state index in [1.54, 1.807) is 13.3 Å². The number of nitrogens with zero attached hydrogens (tertiary/aromatic N) is 3. The van der Waals surface area contributed by atoms with Crippen LogP contribution < -0.4 is 4.74 Å². The summed E-state index contributed by atoms with van der Waals surface area (Å²) in [7, 11) is 1.69. The van der Waals surface area contributed by atoms with Crippen LogP contribution >= 0.6 is 0 Å². The summed E-state index contributed by atoms with van der Waals surface area (Å²) in [6.45, 7) is 5.65. The van der Waals surface area contributed by atoms with Gasteiger partial charge < -0.3 is 14.6 Å². The molecule has 6 nitrogen and oxygen atoms in total. The zero-order chi connectivity index (χ0) is 18.1. The number of fused-ring (bicyclic) bond motifs is 4. The van der Waals surface area contributed by atoms with Gasteiger partial charge in [0.15, 0.2) is 5.82 Å². The Morgan fingerprint density at radius 3 is 2.73 bits per heavy atom. The van der Waals surface area contributed by atoms with Crippen LogP contribution in [0.25, 0.3) is 0 Å². The molecule has 4 heterocycles. The molecule has 2 bridgehead atoms. The molecule has 0 saturated carbocycles. The van der Waals surface area contributed by atoms with E-state index >= 15 is 0 Å². The fourth-order valence-corrected chi connectivity index (χ4v) is 4.20. The van der Waals surface area contributed by atoms with Gasteiger partial charge >= 0.3 is 0 Å². The van der Waals surface area contributed by atoms with Crippen LogP contribution in [0.2, 0.25) is 0 Å². The molecule has 3 aliphatic rings. The molecule has 0 aliphatic carbocycles. The van der Waals surface area contributed by atoms with E-state index in [0.29, 0.717) is 11.7 Å². The van der Waals surface area contributed by atoms with E-state index in [9.17, 15) is 4.79 Å². The lowest BCUT2D eigenvalue weighted by atomic mass is 9.95. The second-order valence-electron chi connectivity index (χ2n) is 7.51. The summed E-state index contributed by atoms with van der Waals surface area (Å²) < 4.78 is 5.24. The number of nitrogens with one attached hydrogen (secondary N) is 1. The molecule has 0 spiro atoms. The molecule has 0 radical (unpaired) electrons. The molecule has 0 unspecified atom stereocenters. The minimum Gasteiger partial charge on any atom is -0.497 e. The quantitative estimate of drug-likeness (QED) is 0.916. The molecule has 2 aromatic rings. The van der Waals surface area contributed by atoms with Crippen molar-refractivity contribution in [1.82, 2.24) is 19.8 Å². The molecule has 1 N–H and O–H groups in total.